The lowest BCUT2D eigenvalue weighted by Gasteiger charge is -2.08. The molecule has 2 aromatic carbocycles. The summed E-state index contributed by atoms with van der Waals surface area (Å²) in [6, 6.07) is 24.6. The van der Waals surface area contributed by atoms with Gasteiger partial charge in [0.05, 0.1) is 48.1 Å². The molecule has 24 nitrogen and oxygen atoms in total. The molecule has 0 aliphatic carbocycles. The van der Waals surface area contributed by atoms with Gasteiger partial charge in [-0.2, -0.15) is 9.97 Å². The van der Waals surface area contributed by atoms with Crippen LogP contribution in [0.2, 0.25) is 0 Å². The van der Waals surface area contributed by atoms with Crippen LogP contribution in [0.4, 0.5) is 11.6 Å². The second-order valence-corrected chi connectivity index (χ2v) is 15.8. The van der Waals surface area contributed by atoms with Gasteiger partial charge in [-0.1, -0.05) is 24.3 Å². The molecule has 354 valence electrons. The molecular formula is C38H52N6O18S2. The molecule has 0 amide bonds. The number of hydrogen-bond acceptors (Lipinski definition) is 14. The normalized spacial score (nSPS) is 9.50. The number of hydrogen-bond donors (Lipinski definition) is 2. The van der Waals surface area contributed by atoms with E-state index >= 15 is 0 Å². The van der Waals surface area contributed by atoms with E-state index in [1.54, 1.807) is 87.5 Å². The number of H-pyrrole nitrogens is 2. The van der Waals surface area contributed by atoms with Gasteiger partial charge in [0.25, 0.3) is 0 Å². The first-order valence-corrected chi connectivity index (χ1v) is 19.9. The van der Waals surface area contributed by atoms with Crippen LogP contribution in [-0.4, -0.2) is 109 Å². The first-order valence-electron chi connectivity index (χ1n) is 16.1. The molecule has 0 aliphatic rings. The van der Waals surface area contributed by atoms with Gasteiger partial charge in [0.15, 0.2) is 32.1 Å². The number of rotatable bonds is 8. The summed E-state index contributed by atoms with van der Waals surface area (Å²) >= 11 is 0. The number of nitrogens with one attached hydrogen (secondary N) is 2. The average molecular weight is 945 g/mol. The van der Waals surface area contributed by atoms with Crippen LogP contribution in [0.5, 0.6) is 11.8 Å². The number of methoxy groups -OCH3 is 2. The van der Waals surface area contributed by atoms with E-state index in [1.807, 2.05) is 36.4 Å². The number of nitrogens with two attached hydrogens (primary N) is 2. The summed E-state index contributed by atoms with van der Waals surface area (Å²) in [5.74, 6) is -2.26. The van der Waals surface area contributed by atoms with Gasteiger partial charge < -0.3 is 84.6 Å². The number of carboxylic acids is 2. The topological polar surface area (TPSA) is 525 Å². The van der Waals surface area contributed by atoms with Gasteiger partial charge in [-0.05, 0) is 59.7 Å². The van der Waals surface area contributed by atoms with Gasteiger partial charge in [-0.3, -0.25) is 0 Å². The Kier molecular flexibility index (Phi) is 29.2. The number of sulfone groups is 2. The van der Waals surface area contributed by atoms with E-state index in [0.29, 0.717) is 23.4 Å². The number of pyridine rings is 4. The number of benzene rings is 2. The lowest BCUT2D eigenvalue weighted by Crippen LogP contribution is -2.42. The van der Waals surface area contributed by atoms with E-state index in [9.17, 15) is 16.8 Å². The number of carbonyl (C=O) groups excluding carboxylic acids is 2. The van der Waals surface area contributed by atoms with E-state index in [2.05, 4.69) is 19.9 Å². The molecule has 0 saturated heterocycles. The zero-order chi connectivity index (χ0) is 41.2. The van der Waals surface area contributed by atoms with E-state index in [4.69, 9.17) is 40.7 Å². The smallest absolute Gasteiger partial charge is 0.365 e. The van der Waals surface area contributed by atoms with Crippen molar-refractivity contribution in [3.05, 3.63) is 110 Å². The minimum absolute atomic E-state index is 0. The van der Waals surface area contributed by atoms with Crippen molar-refractivity contribution in [1.82, 2.24) is 9.97 Å². The highest BCUT2D eigenvalue weighted by Crippen LogP contribution is 2.31. The van der Waals surface area contributed by atoms with Crippen LogP contribution < -0.4 is 41.1 Å². The number of nitrogen functional groups attached to an aromatic ring is 2. The van der Waals surface area contributed by atoms with E-state index in [0.717, 1.165) is 44.5 Å². The van der Waals surface area contributed by atoms with E-state index < -0.39 is 31.6 Å². The zero-order valence-corrected chi connectivity index (χ0v) is 36.0. The number of aromatic nitrogens is 4. The van der Waals surface area contributed by atoms with E-state index in [1.165, 1.54) is 12.5 Å². The highest BCUT2D eigenvalue weighted by Gasteiger charge is 2.14. The number of carbonyl (C=O) groups is 2. The van der Waals surface area contributed by atoms with Gasteiger partial charge in [0.2, 0.25) is 0 Å². The van der Waals surface area contributed by atoms with Crippen molar-refractivity contribution >= 4 is 43.2 Å². The minimum atomic E-state index is -3.22. The van der Waals surface area contributed by atoms with Crippen molar-refractivity contribution < 1.29 is 99.9 Å². The third kappa shape index (κ3) is 17.6. The van der Waals surface area contributed by atoms with Gasteiger partial charge in [0.1, 0.15) is 11.6 Å². The first-order chi connectivity index (χ1) is 26.4. The minimum Gasteiger partial charge on any atom is -0.543 e. The van der Waals surface area contributed by atoms with Gasteiger partial charge in [-0.25, -0.2) is 26.8 Å². The zero-order valence-electron chi connectivity index (χ0n) is 34.3. The fourth-order valence-electron chi connectivity index (χ4n) is 4.93. The van der Waals surface area contributed by atoms with Crippen LogP contribution in [0.3, 0.4) is 0 Å². The maximum atomic E-state index is 11.6. The summed E-state index contributed by atoms with van der Waals surface area (Å²) in [5, 5.41) is 17.9. The Balaban J connectivity index is -0.000000289. The maximum absolute atomic E-state index is 11.6. The Labute approximate surface area is 366 Å². The second-order valence-electron chi connectivity index (χ2n) is 11.8. The molecule has 0 atom stereocenters. The Hall–Kier alpha value is -7.24. The molecule has 4 aromatic heterocycles. The van der Waals surface area contributed by atoms with Crippen molar-refractivity contribution in [3.63, 3.8) is 0 Å². The van der Waals surface area contributed by atoms with Gasteiger partial charge in [-0.15, -0.1) is 0 Å². The molecule has 26 heteroatoms. The Morgan fingerprint density at radius 3 is 1.00 bits per heavy atom. The molecule has 6 rings (SSSR count). The SMILES string of the molecule is COc1ccc(-c2cc(-c3ccc(S(C)(=O)=O)cc3)cnc2N)c[nH+]1.COc1ccc(-c2cc(-c3ccc(S(C)(=O)=O)cc3)cnc2N)c[nH+]1.O.O.O.O.O.O.O.O.O=C([O-])C(=O)[O-]. The molecule has 0 aliphatic heterocycles. The largest absolute Gasteiger partial charge is 0.543 e. The number of nitrogens with zero attached hydrogens (tertiary/aromatic N) is 2. The standard InChI is InChI=1S/2C18H17N3O3S.C2H2O4.8H2O/c2*1-24-17-8-5-13(10-20-17)16-9-14(11-21-18(16)19)12-3-6-15(7-4-12)25(2,22)23;3-1(4)2(5)6;;;;;;;;/h2*3-11H,1-2H3,(H2,19,21);(H,3,4)(H,5,6);8*1H2. The third-order valence-electron chi connectivity index (χ3n) is 7.87. The molecule has 0 saturated carbocycles. The summed E-state index contributed by atoms with van der Waals surface area (Å²) in [4.78, 5) is 33.0. The molecular weight excluding hydrogens is 893 g/mol. The van der Waals surface area contributed by atoms with Crippen LogP contribution >= 0.6 is 0 Å². The van der Waals surface area contributed by atoms with Crippen molar-refractivity contribution in [1.29, 1.82) is 0 Å². The molecule has 0 fully saturated rings. The lowest BCUT2D eigenvalue weighted by molar-refractivity contribution is -0.392. The maximum Gasteiger partial charge on any atom is 0.365 e. The van der Waals surface area contributed by atoms with Crippen LogP contribution in [0.15, 0.2) is 120 Å². The highest BCUT2D eigenvalue weighted by atomic mass is 32.2. The summed E-state index contributed by atoms with van der Waals surface area (Å²) in [6.45, 7) is 0. The molecule has 64 heavy (non-hydrogen) atoms. The van der Waals surface area contributed by atoms with Crippen molar-refractivity contribution in [2.75, 3.05) is 38.2 Å². The molecule has 0 bridgehead atoms. The summed E-state index contributed by atoms with van der Waals surface area (Å²) < 4.78 is 56.5. The van der Waals surface area contributed by atoms with Crippen molar-refractivity contribution in [3.8, 4) is 56.3 Å². The summed E-state index contributed by atoms with van der Waals surface area (Å²) in [5.41, 5.74) is 18.8. The van der Waals surface area contributed by atoms with Crippen molar-refractivity contribution in [2.24, 2.45) is 0 Å². The molecule has 0 radical (unpaired) electrons. The van der Waals surface area contributed by atoms with Crippen LogP contribution in [0.1, 0.15) is 0 Å². The van der Waals surface area contributed by atoms with Crippen molar-refractivity contribution in [2.45, 2.75) is 9.79 Å². The fraction of sp³-hybridized carbons (Fsp3) is 0.105. The fourth-order valence-corrected chi connectivity index (χ4v) is 6.19. The Morgan fingerprint density at radius 2 is 0.781 bits per heavy atom. The molecule has 0 unspecified atom stereocenters. The molecule has 6 aromatic rings. The van der Waals surface area contributed by atoms with E-state index in [-0.39, 0.29) is 53.6 Å². The van der Waals surface area contributed by atoms with Crippen LogP contribution in [-0.2, 0) is 29.3 Å². The molecule has 0 spiro atoms. The Morgan fingerprint density at radius 1 is 0.500 bits per heavy atom. The lowest BCUT2D eigenvalue weighted by atomic mass is 10.0. The second kappa shape index (κ2) is 28.4. The predicted octanol–water partition coefficient (Wildman–Crippen LogP) is -5.66. The van der Waals surface area contributed by atoms with Gasteiger partial charge in [0, 0.05) is 58.3 Å². The van der Waals surface area contributed by atoms with Crippen LogP contribution in [0, 0.1) is 0 Å². The average Bonchev–Trinajstić information content (AvgIpc) is 3.18. The van der Waals surface area contributed by atoms with Crippen LogP contribution in [0.25, 0.3) is 44.5 Å². The monoisotopic (exact) mass is 944 g/mol. The molecule has 4 heterocycles. The number of aliphatic carboxylic acids is 2. The number of aromatic amines is 2. The number of carboxylic acid groups (broad SMARTS) is 2. The number of ether oxygens (including phenoxy) is 2. The molecule has 22 N–H and O–H groups in total. The quantitative estimate of drug-likeness (QED) is 0.134. The summed E-state index contributed by atoms with van der Waals surface area (Å²) in [6.07, 6.45) is 9.30. The Bertz CT molecular complexity index is 2390. The highest BCUT2D eigenvalue weighted by molar-refractivity contribution is 7.91. The predicted molar refractivity (Wildman–Crippen MR) is 230 cm³/mol. The third-order valence-corrected chi connectivity index (χ3v) is 10.1. The van der Waals surface area contributed by atoms with Gasteiger partial charge >= 0.3 is 11.8 Å². The number of anilines is 2. The summed E-state index contributed by atoms with van der Waals surface area (Å²) in [7, 11) is -3.26. The first kappa shape index (κ1) is 65.9.